The maximum Gasteiger partial charge on any atom is 0.136 e. The number of hydrogen-bond donors (Lipinski definition) is 1. The van der Waals surface area contributed by atoms with Gasteiger partial charge in [0.2, 0.25) is 0 Å². The zero-order chi connectivity index (χ0) is 25.5. The van der Waals surface area contributed by atoms with Crippen LogP contribution < -0.4 is 10.2 Å². The van der Waals surface area contributed by atoms with E-state index in [1.807, 2.05) is 12.1 Å². The molecular weight excluding hydrogens is 476 g/mol. The van der Waals surface area contributed by atoms with Gasteiger partial charge in [0.05, 0.1) is 6.04 Å². The Morgan fingerprint density at radius 2 is 1.38 bits per heavy atom. The number of anilines is 3. The first-order valence-corrected chi connectivity index (χ1v) is 13.5. The van der Waals surface area contributed by atoms with Crippen LogP contribution in [-0.2, 0) is 0 Å². The van der Waals surface area contributed by atoms with Crippen LogP contribution in [-0.4, -0.2) is 6.04 Å². The van der Waals surface area contributed by atoms with Crippen LogP contribution in [0.25, 0.3) is 38.6 Å². The average Bonchev–Trinajstić information content (AvgIpc) is 3.63. The number of nitrogens with one attached hydrogen (secondary N) is 1. The van der Waals surface area contributed by atoms with Gasteiger partial charge in [0.15, 0.2) is 0 Å². The predicted molar refractivity (Wildman–Crippen MR) is 160 cm³/mol. The van der Waals surface area contributed by atoms with Gasteiger partial charge in [0.25, 0.3) is 0 Å². The Morgan fingerprint density at radius 1 is 0.641 bits per heavy atom. The standard InChI is InChI=1S/C36H24N2O/c1-4-10-32-26(7-1)30-20-25(21-31-27-8-2-5-11-33(27)38(32)36(30)31)37-24-16-13-22(14-17-24)23-15-18-29-28-9-3-6-12-34(28)39-35(29)19-23/h1-21,30,36-37H. The SMILES string of the molecule is C1=C(Nc2ccc(-c3ccc4c(c3)oc3ccccc34)cc2)C=C2c3ccccc3N3c4ccccc4C1C23. The summed E-state index contributed by atoms with van der Waals surface area (Å²) in [6, 6.07) is 41.4. The van der Waals surface area contributed by atoms with Crippen LogP contribution in [0.2, 0.25) is 0 Å². The highest BCUT2D eigenvalue weighted by Gasteiger charge is 2.47. The summed E-state index contributed by atoms with van der Waals surface area (Å²) in [6.45, 7) is 0. The van der Waals surface area contributed by atoms with E-state index in [4.69, 9.17) is 4.42 Å². The summed E-state index contributed by atoms with van der Waals surface area (Å²) in [5.74, 6) is 0.325. The second-order valence-corrected chi connectivity index (χ2v) is 10.6. The third-order valence-electron chi connectivity index (χ3n) is 8.52. The number of benzene rings is 5. The van der Waals surface area contributed by atoms with E-state index < -0.39 is 0 Å². The van der Waals surface area contributed by atoms with E-state index in [1.54, 1.807) is 0 Å². The highest BCUT2D eigenvalue weighted by atomic mass is 16.3. The van der Waals surface area contributed by atoms with Gasteiger partial charge in [0.1, 0.15) is 11.2 Å². The van der Waals surface area contributed by atoms with Crippen LogP contribution in [0.1, 0.15) is 17.0 Å². The van der Waals surface area contributed by atoms with Crippen molar-refractivity contribution in [2.24, 2.45) is 0 Å². The van der Waals surface area contributed by atoms with Crippen molar-refractivity contribution in [1.29, 1.82) is 0 Å². The number of nitrogens with zero attached hydrogens (tertiary/aromatic N) is 1. The van der Waals surface area contributed by atoms with Crippen LogP contribution in [0, 0.1) is 0 Å². The first-order valence-electron chi connectivity index (χ1n) is 13.5. The number of furan rings is 1. The van der Waals surface area contributed by atoms with Gasteiger partial charge >= 0.3 is 0 Å². The van der Waals surface area contributed by atoms with Gasteiger partial charge in [-0.1, -0.05) is 78.9 Å². The van der Waals surface area contributed by atoms with Crippen molar-refractivity contribution in [3.05, 3.63) is 144 Å². The summed E-state index contributed by atoms with van der Waals surface area (Å²) in [5.41, 5.74) is 13.2. The molecule has 184 valence electrons. The van der Waals surface area contributed by atoms with E-state index in [9.17, 15) is 0 Å². The van der Waals surface area contributed by atoms with Crippen molar-refractivity contribution in [1.82, 2.24) is 0 Å². The van der Waals surface area contributed by atoms with Crippen LogP contribution >= 0.6 is 0 Å². The Hall–Kier alpha value is -5.02. The predicted octanol–water partition coefficient (Wildman–Crippen LogP) is 9.26. The van der Waals surface area contributed by atoms with E-state index in [-0.39, 0.29) is 0 Å². The zero-order valence-corrected chi connectivity index (χ0v) is 21.1. The Morgan fingerprint density at radius 3 is 2.31 bits per heavy atom. The number of para-hydroxylation sites is 3. The Balaban J connectivity index is 1.06. The molecule has 1 aliphatic carbocycles. The normalized spacial score (nSPS) is 18.5. The largest absolute Gasteiger partial charge is 0.456 e. The smallest absolute Gasteiger partial charge is 0.136 e. The monoisotopic (exact) mass is 500 g/mol. The van der Waals surface area contributed by atoms with Crippen molar-refractivity contribution in [3.8, 4) is 11.1 Å². The van der Waals surface area contributed by atoms with Gasteiger partial charge in [-0.05, 0) is 70.8 Å². The minimum Gasteiger partial charge on any atom is -0.456 e. The third-order valence-corrected chi connectivity index (χ3v) is 8.52. The maximum atomic E-state index is 6.12. The maximum absolute atomic E-state index is 6.12. The van der Waals surface area contributed by atoms with Gasteiger partial charge in [-0.3, -0.25) is 0 Å². The lowest BCUT2D eigenvalue weighted by atomic mass is 9.84. The molecule has 1 aromatic heterocycles. The fourth-order valence-electron chi connectivity index (χ4n) is 6.82. The van der Waals surface area contributed by atoms with E-state index in [1.165, 1.54) is 33.6 Å². The number of fused-ring (bicyclic) bond motifs is 9. The van der Waals surface area contributed by atoms with E-state index >= 15 is 0 Å². The average molecular weight is 501 g/mol. The highest BCUT2D eigenvalue weighted by Crippen LogP contribution is 2.58. The molecule has 2 aliphatic heterocycles. The summed E-state index contributed by atoms with van der Waals surface area (Å²) in [7, 11) is 0. The molecule has 0 saturated heterocycles. The molecule has 2 unspecified atom stereocenters. The summed E-state index contributed by atoms with van der Waals surface area (Å²) in [4.78, 5) is 2.53. The molecule has 3 aliphatic rings. The van der Waals surface area contributed by atoms with Gasteiger partial charge < -0.3 is 14.6 Å². The molecule has 0 spiro atoms. The minimum absolute atomic E-state index is 0.325. The Kier molecular flexibility index (Phi) is 4.17. The molecule has 39 heavy (non-hydrogen) atoms. The van der Waals surface area contributed by atoms with Crippen LogP contribution in [0.15, 0.2) is 138 Å². The van der Waals surface area contributed by atoms with Crippen LogP contribution in [0.4, 0.5) is 17.1 Å². The van der Waals surface area contributed by atoms with Crippen molar-refractivity contribution in [3.63, 3.8) is 0 Å². The molecule has 1 N–H and O–H groups in total. The minimum atomic E-state index is 0.325. The molecule has 9 rings (SSSR count). The van der Waals surface area contributed by atoms with Crippen molar-refractivity contribution in [2.45, 2.75) is 12.0 Å². The molecule has 3 nitrogen and oxygen atoms in total. The third kappa shape index (κ3) is 2.98. The molecule has 0 saturated carbocycles. The topological polar surface area (TPSA) is 28.4 Å². The Labute approximate surface area is 226 Å². The van der Waals surface area contributed by atoms with Gasteiger partial charge in [-0.25, -0.2) is 0 Å². The lowest BCUT2D eigenvalue weighted by molar-refractivity contribution is 0.669. The van der Waals surface area contributed by atoms with Gasteiger partial charge in [-0.2, -0.15) is 0 Å². The van der Waals surface area contributed by atoms with E-state index in [0.717, 1.165) is 38.9 Å². The van der Waals surface area contributed by atoms with Gasteiger partial charge in [0, 0.05) is 45.0 Å². The second-order valence-electron chi connectivity index (χ2n) is 10.6. The van der Waals surface area contributed by atoms with Crippen LogP contribution in [0.3, 0.4) is 0 Å². The summed E-state index contributed by atoms with van der Waals surface area (Å²) < 4.78 is 6.12. The molecule has 0 fully saturated rings. The molecule has 5 aromatic carbocycles. The molecule has 3 heterocycles. The summed E-state index contributed by atoms with van der Waals surface area (Å²) in [5, 5.41) is 6.03. The number of allylic oxidation sites excluding steroid dienone is 1. The number of rotatable bonds is 3. The fraction of sp³-hybridized carbons (Fsp3) is 0.0556. The lowest BCUT2D eigenvalue weighted by Gasteiger charge is -2.26. The fourth-order valence-corrected chi connectivity index (χ4v) is 6.82. The molecule has 6 aromatic rings. The van der Waals surface area contributed by atoms with Crippen LogP contribution in [0.5, 0.6) is 0 Å². The molecule has 0 bridgehead atoms. The first kappa shape index (κ1) is 21.0. The quantitative estimate of drug-likeness (QED) is 0.262. The summed E-state index contributed by atoms with van der Waals surface area (Å²) >= 11 is 0. The Bertz CT molecular complexity index is 2010. The number of hydrogen-bond acceptors (Lipinski definition) is 3. The zero-order valence-electron chi connectivity index (χ0n) is 21.1. The summed E-state index contributed by atoms with van der Waals surface area (Å²) in [6.07, 6.45) is 4.75. The van der Waals surface area contributed by atoms with Crippen molar-refractivity contribution < 1.29 is 4.42 Å². The molecule has 3 heteroatoms. The highest BCUT2D eigenvalue weighted by molar-refractivity contribution is 6.06. The van der Waals surface area contributed by atoms with Crippen molar-refractivity contribution in [2.75, 3.05) is 10.2 Å². The molecule has 2 atom stereocenters. The van der Waals surface area contributed by atoms with E-state index in [2.05, 4.69) is 125 Å². The molecular formula is C36H24N2O. The van der Waals surface area contributed by atoms with E-state index in [0.29, 0.717) is 12.0 Å². The van der Waals surface area contributed by atoms with Gasteiger partial charge in [-0.15, -0.1) is 0 Å². The molecule has 0 amide bonds. The molecule has 0 radical (unpaired) electrons. The second kappa shape index (κ2) is 7.75. The van der Waals surface area contributed by atoms with Crippen molar-refractivity contribution >= 4 is 44.6 Å². The lowest BCUT2D eigenvalue weighted by Crippen LogP contribution is -2.27. The first-order chi connectivity index (χ1) is 19.3.